The Balaban J connectivity index is 2.01. The van der Waals surface area contributed by atoms with Gasteiger partial charge in [-0.2, -0.15) is 0 Å². The van der Waals surface area contributed by atoms with Crippen molar-refractivity contribution in [3.05, 3.63) is 29.3 Å². The lowest BCUT2D eigenvalue weighted by molar-refractivity contribution is 0.600. The van der Waals surface area contributed by atoms with Crippen LogP contribution < -0.4 is 5.32 Å². The van der Waals surface area contributed by atoms with E-state index in [1.807, 2.05) is 6.07 Å². The van der Waals surface area contributed by atoms with Crippen molar-refractivity contribution in [3.8, 4) is 0 Å². The van der Waals surface area contributed by atoms with Crippen LogP contribution in [0.1, 0.15) is 23.5 Å². The lowest BCUT2D eigenvalue weighted by atomic mass is 9.96. The van der Waals surface area contributed by atoms with E-state index in [-0.39, 0.29) is 5.75 Å². The molecule has 2 heterocycles. The highest BCUT2D eigenvalue weighted by Gasteiger charge is 2.27. The lowest BCUT2D eigenvalue weighted by Gasteiger charge is -2.10. The molecule has 0 amide bonds. The van der Waals surface area contributed by atoms with Gasteiger partial charge in [-0.25, -0.2) is 8.42 Å². The van der Waals surface area contributed by atoms with E-state index in [1.165, 1.54) is 5.56 Å². The number of rotatable bonds is 1. The van der Waals surface area contributed by atoms with Gasteiger partial charge in [0.2, 0.25) is 0 Å². The van der Waals surface area contributed by atoms with Crippen LogP contribution in [-0.4, -0.2) is 27.3 Å². The second-order valence-electron chi connectivity index (χ2n) is 4.63. The molecule has 3 nitrogen and oxygen atoms in total. The summed E-state index contributed by atoms with van der Waals surface area (Å²) in [6.45, 7) is 2.09. The van der Waals surface area contributed by atoms with Crippen LogP contribution >= 0.6 is 0 Å². The van der Waals surface area contributed by atoms with Gasteiger partial charge in [-0.05, 0) is 42.5 Å². The number of nitrogens with one attached hydrogen (secondary N) is 1. The highest BCUT2D eigenvalue weighted by Crippen LogP contribution is 2.30. The smallest absolute Gasteiger partial charge is 0.178 e. The number of hydrogen-bond donors (Lipinski definition) is 1. The van der Waals surface area contributed by atoms with E-state index in [9.17, 15) is 8.42 Å². The molecular formula is C12H15NO2S. The van der Waals surface area contributed by atoms with Gasteiger partial charge in [0.05, 0.1) is 10.6 Å². The summed E-state index contributed by atoms with van der Waals surface area (Å²) in [6, 6.07) is 5.88. The monoisotopic (exact) mass is 237 g/mol. The molecular weight excluding hydrogens is 222 g/mol. The maximum Gasteiger partial charge on any atom is 0.178 e. The van der Waals surface area contributed by atoms with Crippen molar-refractivity contribution in [1.29, 1.82) is 0 Å². The molecule has 86 valence electrons. The molecule has 0 bridgehead atoms. The molecule has 2 aliphatic rings. The van der Waals surface area contributed by atoms with Crippen molar-refractivity contribution in [3.63, 3.8) is 0 Å². The van der Waals surface area contributed by atoms with Gasteiger partial charge in [0, 0.05) is 6.54 Å². The Hall–Kier alpha value is -0.870. The number of hydrogen-bond acceptors (Lipinski definition) is 3. The average Bonchev–Trinajstić information content (AvgIpc) is 2.87. The zero-order valence-electron chi connectivity index (χ0n) is 9.07. The van der Waals surface area contributed by atoms with Gasteiger partial charge in [0.1, 0.15) is 0 Å². The van der Waals surface area contributed by atoms with Gasteiger partial charge in [-0.3, -0.25) is 0 Å². The molecule has 0 aliphatic carbocycles. The molecule has 0 aromatic heterocycles. The van der Waals surface area contributed by atoms with Crippen LogP contribution in [0.4, 0.5) is 0 Å². The Morgan fingerprint density at radius 2 is 2.19 bits per heavy atom. The Morgan fingerprint density at radius 3 is 2.94 bits per heavy atom. The topological polar surface area (TPSA) is 46.2 Å². The van der Waals surface area contributed by atoms with Gasteiger partial charge in [0.15, 0.2) is 9.84 Å². The Morgan fingerprint density at radius 1 is 1.31 bits per heavy atom. The van der Waals surface area contributed by atoms with Crippen LogP contribution in [0.3, 0.4) is 0 Å². The molecule has 16 heavy (non-hydrogen) atoms. The maximum absolute atomic E-state index is 11.7. The van der Waals surface area contributed by atoms with E-state index in [1.54, 1.807) is 6.07 Å². The van der Waals surface area contributed by atoms with Crippen molar-refractivity contribution < 1.29 is 8.42 Å². The standard InChI is InChI=1S/C12H15NO2S/c14-16(15)6-4-10-7-9(1-2-12(10)16)11-3-5-13-8-11/h1-2,7,11,13H,3-6,8H2. The van der Waals surface area contributed by atoms with E-state index in [4.69, 9.17) is 0 Å². The third kappa shape index (κ3) is 1.57. The summed E-state index contributed by atoms with van der Waals surface area (Å²) >= 11 is 0. The highest BCUT2D eigenvalue weighted by molar-refractivity contribution is 7.91. The first-order valence-corrected chi connectivity index (χ1v) is 7.38. The molecule has 1 atom stereocenters. The molecule has 4 heteroatoms. The first-order chi connectivity index (χ1) is 7.67. The SMILES string of the molecule is O=S1(=O)CCc2cc(C3CCNC3)ccc21. The van der Waals surface area contributed by atoms with Crippen LogP contribution in [0, 0.1) is 0 Å². The number of benzene rings is 1. The number of sulfone groups is 1. The van der Waals surface area contributed by atoms with Crippen LogP contribution in [0.15, 0.2) is 23.1 Å². The second-order valence-corrected chi connectivity index (χ2v) is 6.70. The van der Waals surface area contributed by atoms with E-state index in [0.29, 0.717) is 17.2 Å². The van der Waals surface area contributed by atoms with Crippen LogP contribution in [-0.2, 0) is 16.3 Å². The molecule has 0 saturated carbocycles. The minimum Gasteiger partial charge on any atom is -0.316 e. The summed E-state index contributed by atoms with van der Waals surface area (Å²) in [4.78, 5) is 0.558. The number of fused-ring (bicyclic) bond motifs is 1. The normalized spacial score (nSPS) is 26.9. The fraction of sp³-hybridized carbons (Fsp3) is 0.500. The Kier molecular flexibility index (Phi) is 2.30. The molecule has 1 N–H and O–H groups in total. The third-order valence-electron chi connectivity index (χ3n) is 3.59. The van der Waals surface area contributed by atoms with Gasteiger partial charge in [-0.15, -0.1) is 0 Å². The van der Waals surface area contributed by atoms with E-state index in [2.05, 4.69) is 11.4 Å². The lowest BCUT2D eigenvalue weighted by Crippen LogP contribution is -2.08. The number of aryl methyl sites for hydroxylation is 1. The highest BCUT2D eigenvalue weighted by atomic mass is 32.2. The first-order valence-electron chi connectivity index (χ1n) is 5.73. The molecule has 0 spiro atoms. The molecule has 2 aliphatic heterocycles. The van der Waals surface area contributed by atoms with Crippen molar-refractivity contribution in [2.75, 3.05) is 18.8 Å². The molecule has 1 fully saturated rings. The maximum atomic E-state index is 11.7. The van der Waals surface area contributed by atoms with Crippen LogP contribution in [0.5, 0.6) is 0 Å². The third-order valence-corrected chi connectivity index (χ3v) is 5.40. The zero-order valence-corrected chi connectivity index (χ0v) is 9.89. The van der Waals surface area contributed by atoms with Gasteiger partial charge in [-0.1, -0.05) is 12.1 Å². The van der Waals surface area contributed by atoms with Crippen molar-refractivity contribution in [2.45, 2.75) is 23.7 Å². The summed E-state index contributed by atoms with van der Waals surface area (Å²) in [7, 11) is -2.96. The van der Waals surface area contributed by atoms with Gasteiger partial charge >= 0.3 is 0 Å². The van der Waals surface area contributed by atoms with Crippen molar-refractivity contribution in [1.82, 2.24) is 5.32 Å². The van der Waals surface area contributed by atoms with E-state index >= 15 is 0 Å². The van der Waals surface area contributed by atoms with Gasteiger partial charge in [0.25, 0.3) is 0 Å². The minimum atomic E-state index is -2.96. The average molecular weight is 237 g/mol. The fourth-order valence-electron chi connectivity index (χ4n) is 2.65. The van der Waals surface area contributed by atoms with E-state index < -0.39 is 9.84 Å². The van der Waals surface area contributed by atoms with Crippen molar-refractivity contribution in [2.24, 2.45) is 0 Å². The summed E-state index contributed by atoms with van der Waals surface area (Å²) in [5, 5.41) is 3.34. The largest absolute Gasteiger partial charge is 0.316 e. The summed E-state index contributed by atoms with van der Waals surface area (Å²) in [5.74, 6) is 0.850. The van der Waals surface area contributed by atoms with Crippen LogP contribution in [0.2, 0.25) is 0 Å². The zero-order chi connectivity index (χ0) is 11.2. The Labute approximate surface area is 95.8 Å². The molecule has 1 aromatic rings. The van der Waals surface area contributed by atoms with E-state index in [0.717, 1.165) is 25.1 Å². The van der Waals surface area contributed by atoms with Crippen LogP contribution in [0.25, 0.3) is 0 Å². The summed E-state index contributed by atoms with van der Waals surface area (Å²) < 4.78 is 23.3. The second kappa shape index (κ2) is 3.57. The van der Waals surface area contributed by atoms with Crippen molar-refractivity contribution >= 4 is 9.84 Å². The molecule has 1 aromatic carbocycles. The molecule has 0 radical (unpaired) electrons. The molecule has 3 rings (SSSR count). The fourth-order valence-corrected chi connectivity index (χ4v) is 4.19. The molecule has 1 saturated heterocycles. The minimum absolute atomic E-state index is 0.286. The predicted molar refractivity (Wildman–Crippen MR) is 62.4 cm³/mol. The summed E-state index contributed by atoms with van der Waals surface area (Å²) in [5.41, 5.74) is 2.31. The quantitative estimate of drug-likeness (QED) is 0.795. The predicted octanol–water partition coefficient (Wildman–Crippen LogP) is 1.09. The Bertz CT molecular complexity index is 516. The molecule has 1 unspecified atom stereocenters. The summed E-state index contributed by atoms with van der Waals surface area (Å²) in [6.07, 6.45) is 1.84. The first kappa shape index (κ1) is 10.3. The van der Waals surface area contributed by atoms with Gasteiger partial charge < -0.3 is 5.32 Å².